The number of carbonyl (C=O) groups is 2. The molecule has 6 nitrogen and oxygen atoms in total. The third kappa shape index (κ3) is 4.15. The Morgan fingerprint density at radius 1 is 1.35 bits per heavy atom. The number of phenolic OH excluding ortho intramolecular Hbond substituents is 1. The van der Waals surface area contributed by atoms with E-state index in [0.717, 1.165) is 0 Å². The number of rotatable bonds is 6. The average Bonchev–Trinajstić information content (AvgIpc) is 2.44. The first-order chi connectivity index (χ1) is 9.49. The highest BCUT2D eigenvalue weighted by atomic mass is 16.5. The molecule has 0 spiro atoms. The van der Waals surface area contributed by atoms with Crippen LogP contribution < -0.4 is 4.74 Å². The maximum Gasteiger partial charge on any atom is 0.307 e. The van der Waals surface area contributed by atoms with Crippen LogP contribution in [0.5, 0.6) is 11.5 Å². The number of hydrogen-bond donors (Lipinski definition) is 1. The van der Waals surface area contributed by atoms with Crippen LogP contribution in [0.25, 0.3) is 0 Å². The molecule has 6 heteroatoms. The molecule has 1 N–H and O–H groups in total. The minimum absolute atomic E-state index is 0.0999. The number of ether oxygens (including phenoxy) is 2. The number of methoxy groups -OCH3 is 1. The molecule has 110 valence electrons. The minimum atomic E-state index is -0.343. The Labute approximate surface area is 117 Å². The molecule has 1 rings (SSSR count). The number of phenols is 1. The number of benzene rings is 1. The summed E-state index contributed by atoms with van der Waals surface area (Å²) in [4.78, 5) is 24.7. The molecule has 1 aromatic rings. The summed E-state index contributed by atoms with van der Waals surface area (Å²) in [5.41, 5.74) is 0.328. The molecular formula is C14H19NO5. The van der Waals surface area contributed by atoms with Crippen LogP contribution in [-0.4, -0.2) is 49.2 Å². The molecule has 20 heavy (non-hydrogen) atoms. The van der Waals surface area contributed by atoms with Crippen molar-refractivity contribution in [3.8, 4) is 11.5 Å². The SMILES string of the molecule is CCOC(=O)CCN(C)C(=O)c1ccc(OC)c(O)c1. The number of esters is 1. The topological polar surface area (TPSA) is 76.1 Å². The summed E-state index contributed by atoms with van der Waals surface area (Å²) < 4.78 is 9.70. The van der Waals surface area contributed by atoms with Gasteiger partial charge in [0.25, 0.3) is 5.91 Å². The predicted molar refractivity (Wildman–Crippen MR) is 72.9 cm³/mol. The van der Waals surface area contributed by atoms with Crippen LogP contribution in [-0.2, 0) is 9.53 Å². The van der Waals surface area contributed by atoms with Gasteiger partial charge in [-0.3, -0.25) is 9.59 Å². The normalized spacial score (nSPS) is 9.95. The molecule has 1 amide bonds. The van der Waals surface area contributed by atoms with E-state index < -0.39 is 0 Å². The third-order valence-electron chi connectivity index (χ3n) is 2.73. The molecule has 0 radical (unpaired) electrons. The van der Waals surface area contributed by atoms with Crippen LogP contribution in [0.3, 0.4) is 0 Å². The monoisotopic (exact) mass is 281 g/mol. The lowest BCUT2D eigenvalue weighted by Crippen LogP contribution is -2.29. The molecule has 0 bridgehead atoms. The second-order valence-electron chi connectivity index (χ2n) is 4.17. The van der Waals surface area contributed by atoms with E-state index in [-0.39, 0.29) is 30.6 Å². The molecule has 0 saturated heterocycles. The highest BCUT2D eigenvalue weighted by Crippen LogP contribution is 2.26. The zero-order valence-corrected chi connectivity index (χ0v) is 11.9. The second-order valence-corrected chi connectivity index (χ2v) is 4.17. The van der Waals surface area contributed by atoms with Gasteiger partial charge in [-0.2, -0.15) is 0 Å². The van der Waals surface area contributed by atoms with Crippen LogP contribution in [0, 0.1) is 0 Å². The van der Waals surface area contributed by atoms with Gasteiger partial charge in [0, 0.05) is 19.2 Å². The second kappa shape index (κ2) is 7.37. The molecule has 0 aromatic heterocycles. The maximum absolute atomic E-state index is 12.1. The van der Waals surface area contributed by atoms with Crippen molar-refractivity contribution in [2.45, 2.75) is 13.3 Å². The lowest BCUT2D eigenvalue weighted by atomic mass is 10.1. The van der Waals surface area contributed by atoms with Gasteiger partial charge in [-0.05, 0) is 25.1 Å². The lowest BCUT2D eigenvalue weighted by Gasteiger charge is -2.17. The number of hydrogen-bond acceptors (Lipinski definition) is 5. The van der Waals surface area contributed by atoms with Gasteiger partial charge in [0.2, 0.25) is 0 Å². The van der Waals surface area contributed by atoms with E-state index in [0.29, 0.717) is 17.9 Å². The molecule has 0 unspecified atom stereocenters. The summed E-state index contributed by atoms with van der Waals surface area (Å²) in [5.74, 6) is -0.426. The van der Waals surface area contributed by atoms with E-state index >= 15 is 0 Å². The van der Waals surface area contributed by atoms with Gasteiger partial charge in [-0.1, -0.05) is 0 Å². The van der Waals surface area contributed by atoms with Crippen molar-refractivity contribution >= 4 is 11.9 Å². The van der Waals surface area contributed by atoms with Gasteiger partial charge in [-0.25, -0.2) is 0 Å². The molecule has 0 saturated carbocycles. The van der Waals surface area contributed by atoms with Crippen LogP contribution in [0.4, 0.5) is 0 Å². The first-order valence-corrected chi connectivity index (χ1v) is 6.27. The zero-order valence-electron chi connectivity index (χ0n) is 11.9. The molecule has 0 aliphatic heterocycles. The van der Waals surface area contributed by atoms with E-state index in [1.54, 1.807) is 20.0 Å². The molecule has 0 aliphatic rings. The van der Waals surface area contributed by atoms with Gasteiger partial charge in [-0.15, -0.1) is 0 Å². The molecule has 1 aromatic carbocycles. The first kappa shape index (κ1) is 15.8. The van der Waals surface area contributed by atoms with E-state index in [9.17, 15) is 14.7 Å². The summed E-state index contributed by atoms with van der Waals surface area (Å²) in [6.07, 6.45) is 0.137. The van der Waals surface area contributed by atoms with Crippen molar-refractivity contribution in [1.82, 2.24) is 4.90 Å². The van der Waals surface area contributed by atoms with Crippen molar-refractivity contribution in [3.63, 3.8) is 0 Å². The van der Waals surface area contributed by atoms with Crippen LogP contribution in [0.15, 0.2) is 18.2 Å². The first-order valence-electron chi connectivity index (χ1n) is 6.27. The van der Waals surface area contributed by atoms with E-state index in [1.807, 2.05) is 0 Å². The summed E-state index contributed by atoms with van der Waals surface area (Å²) in [6, 6.07) is 4.41. The number of amides is 1. The van der Waals surface area contributed by atoms with Crippen LogP contribution in [0.2, 0.25) is 0 Å². The molecule has 0 aliphatic carbocycles. The van der Waals surface area contributed by atoms with Crippen molar-refractivity contribution in [3.05, 3.63) is 23.8 Å². The van der Waals surface area contributed by atoms with Crippen molar-refractivity contribution in [2.75, 3.05) is 27.3 Å². The number of aromatic hydroxyl groups is 1. The minimum Gasteiger partial charge on any atom is -0.504 e. The lowest BCUT2D eigenvalue weighted by molar-refractivity contribution is -0.143. The summed E-state index contributed by atoms with van der Waals surface area (Å²) >= 11 is 0. The summed E-state index contributed by atoms with van der Waals surface area (Å²) in [6.45, 7) is 2.31. The average molecular weight is 281 g/mol. The van der Waals surface area contributed by atoms with Gasteiger partial charge >= 0.3 is 5.97 Å². The fraction of sp³-hybridized carbons (Fsp3) is 0.429. The highest BCUT2D eigenvalue weighted by Gasteiger charge is 2.15. The Hall–Kier alpha value is -2.24. The number of nitrogens with zero attached hydrogens (tertiary/aromatic N) is 1. The fourth-order valence-corrected chi connectivity index (χ4v) is 1.64. The van der Waals surface area contributed by atoms with Crippen molar-refractivity contribution in [1.29, 1.82) is 0 Å². The summed E-state index contributed by atoms with van der Waals surface area (Å²) in [7, 11) is 3.02. The van der Waals surface area contributed by atoms with E-state index in [4.69, 9.17) is 9.47 Å². The van der Waals surface area contributed by atoms with Crippen molar-refractivity contribution in [2.24, 2.45) is 0 Å². The van der Waals surface area contributed by atoms with Gasteiger partial charge in [0.15, 0.2) is 11.5 Å². The Bertz CT molecular complexity index is 486. The third-order valence-corrected chi connectivity index (χ3v) is 2.73. The molecule has 0 heterocycles. The largest absolute Gasteiger partial charge is 0.504 e. The quantitative estimate of drug-likeness (QED) is 0.798. The number of carbonyl (C=O) groups excluding carboxylic acids is 2. The smallest absolute Gasteiger partial charge is 0.307 e. The van der Waals surface area contributed by atoms with E-state index in [1.165, 1.54) is 24.1 Å². The van der Waals surface area contributed by atoms with Crippen LogP contribution in [0.1, 0.15) is 23.7 Å². The summed E-state index contributed by atoms with van der Waals surface area (Å²) in [5, 5.41) is 9.64. The van der Waals surface area contributed by atoms with Crippen molar-refractivity contribution < 1.29 is 24.2 Å². The maximum atomic E-state index is 12.1. The van der Waals surface area contributed by atoms with Gasteiger partial charge in [0.1, 0.15) is 0 Å². The molecule has 0 atom stereocenters. The molecular weight excluding hydrogens is 262 g/mol. The van der Waals surface area contributed by atoms with E-state index in [2.05, 4.69) is 0 Å². The highest BCUT2D eigenvalue weighted by molar-refractivity contribution is 5.94. The van der Waals surface area contributed by atoms with Gasteiger partial charge < -0.3 is 19.5 Å². The Balaban J connectivity index is 2.65. The van der Waals surface area contributed by atoms with Gasteiger partial charge in [0.05, 0.1) is 20.1 Å². The predicted octanol–water partition coefficient (Wildman–Crippen LogP) is 1.43. The zero-order chi connectivity index (χ0) is 15.1. The Morgan fingerprint density at radius 2 is 2.05 bits per heavy atom. The fourth-order valence-electron chi connectivity index (χ4n) is 1.64. The Kier molecular flexibility index (Phi) is 5.83. The molecule has 0 fully saturated rings. The van der Waals surface area contributed by atoms with Crippen LogP contribution >= 0.6 is 0 Å². The Morgan fingerprint density at radius 3 is 2.60 bits per heavy atom. The standard InChI is InChI=1S/C14H19NO5/c1-4-20-13(17)7-8-15(2)14(18)10-5-6-12(19-3)11(16)9-10/h5-6,9,16H,4,7-8H2,1-3H3.